The van der Waals surface area contributed by atoms with E-state index in [1.807, 2.05) is 0 Å². The first-order valence-corrected chi connectivity index (χ1v) is 7.42. The second-order valence-corrected chi connectivity index (χ2v) is 5.29. The highest BCUT2D eigenvalue weighted by Gasteiger charge is 2.31. The number of nitrogens with zero attached hydrogens (tertiary/aromatic N) is 1. The molecule has 0 saturated carbocycles. The SMILES string of the molecule is CCCN(Cc1ccc(F)cc1F)C(CC)(CC)CN. The van der Waals surface area contributed by atoms with Crippen molar-refractivity contribution < 1.29 is 8.78 Å². The number of hydrogen-bond donors (Lipinski definition) is 1. The lowest BCUT2D eigenvalue weighted by Crippen LogP contribution is -2.53. The fourth-order valence-electron chi connectivity index (χ4n) is 2.72. The fourth-order valence-corrected chi connectivity index (χ4v) is 2.72. The molecule has 0 aromatic heterocycles. The molecule has 0 radical (unpaired) electrons. The minimum atomic E-state index is -0.538. The Labute approximate surface area is 121 Å². The van der Waals surface area contributed by atoms with Gasteiger partial charge in [0.05, 0.1) is 0 Å². The summed E-state index contributed by atoms with van der Waals surface area (Å²) in [7, 11) is 0. The van der Waals surface area contributed by atoms with Crippen LogP contribution in [-0.4, -0.2) is 23.5 Å². The van der Waals surface area contributed by atoms with Crippen LogP contribution in [0.4, 0.5) is 8.78 Å². The molecule has 114 valence electrons. The van der Waals surface area contributed by atoms with Crippen molar-refractivity contribution in [1.29, 1.82) is 0 Å². The normalized spacial score (nSPS) is 12.2. The van der Waals surface area contributed by atoms with Crippen molar-refractivity contribution in [1.82, 2.24) is 4.90 Å². The van der Waals surface area contributed by atoms with Crippen LogP contribution in [0.1, 0.15) is 45.6 Å². The lowest BCUT2D eigenvalue weighted by atomic mass is 9.89. The predicted octanol–water partition coefficient (Wildman–Crippen LogP) is 3.69. The van der Waals surface area contributed by atoms with Gasteiger partial charge >= 0.3 is 0 Å². The summed E-state index contributed by atoms with van der Waals surface area (Å²) >= 11 is 0. The molecule has 0 saturated heterocycles. The predicted molar refractivity (Wildman–Crippen MR) is 79.4 cm³/mol. The van der Waals surface area contributed by atoms with Crippen molar-refractivity contribution in [2.75, 3.05) is 13.1 Å². The number of hydrogen-bond acceptors (Lipinski definition) is 2. The first-order chi connectivity index (χ1) is 9.52. The molecule has 2 N–H and O–H groups in total. The van der Waals surface area contributed by atoms with Crippen LogP contribution in [0.15, 0.2) is 18.2 Å². The Morgan fingerprint density at radius 2 is 1.80 bits per heavy atom. The van der Waals surface area contributed by atoms with Gasteiger partial charge in [-0.2, -0.15) is 0 Å². The summed E-state index contributed by atoms with van der Waals surface area (Å²) in [5.74, 6) is -1.02. The van der Waals surface area contributed by atoms with Gasteiger partial charge in [0.1, 0.15) is 11.6 Å². The summed E-state index contributed by atoms with van der Waals surface area (Å²) in [6, 6.07) is 3.78. The monoisotopic (exact) mass is 284 g/mol. The zero-order valence-corrected chi connectivity index (χ0v) is 12.8. The van der Waals surface area contributed by atoms with E-state index in [0.29, 0.717) is 18.7 Å². The molecule has 0 heterocycles. The van der Waals surface area contributed by atoms with E-state index in [2.05, 4.69) is 25.7 Å². The fraction of sp³-hybridized carbons (Fsp3) is 0.625. The van der Waals surface area contributed by atoms with Crippen molar-refractivity contribution in [2.45, 2.75) is 52.1 Å². The topological polar surface area (TPSA) is 29.3 Å². The number of benzene rings is 1. The Hall–Kier alpha value is -1.00. The van der Waals surface area contributed by atoms with Gasteiger partial charge in [-0.15, -0.1) is 0 Å². The van der Waals surface area contributed by atoms with E-state index in [9.17, 15) is 8.78 Å². The zero-order valence-electron chi connectivity index (χ0n) is 12.8. The van der Waals surface area contributed by atoms with E-state index in [-0.39, 0.29) is 5.54 Å². The summed E-state index contributed by atoms with van der Waals surface area (Å²) in [4.78, 5) is 2.24. The lowest BCUT2D eigenvalue weighted by molar-refractivity contribution is 0.0754. The van der Waals surface area contributed by atoms with Crippen LogP contribution in [-0.2, 0) is 6.54 Å². The summed E-state index contributed by atoms with van der Waals surface area (Å²) in [5, 5.41) is 0. The maximum Gasteiger partial charge on any atom is 0.130 e. The maximum absolute atomic E-state index is 13.9. The standard InChI is InChI=1S/C16H26F2N2/c1-4-9-20(16(5-2,6-3)12-19)11-13-7-8-14(17)10-15(13)18/h7-8,10H,4-6,9,11-12,19H2,1-3H3. The third-order valence-electron chi connectivity index (χ3n) is 4.24. The summed E-state index contributed by atoms with van der Waals surface area (Å²) < 4.78 is 26.8. The van der Waals surface area contributed by atoms with Gasteiger partial charge in [0.2, 0.25) is 0 Å². The molecule has 20 heavy (non-hydrogen) atoms. The van der Waals surface area contributed by atoms with E-state index < -0.39 is 11.6 Å². The van der Waals surface area contributed by atoms with Crippen LogP contribution in [0.2, 0.25) is 0 Å². The second kappa shape index (κ2) is 7.70. The van der Waals surface area contributed by atoms with Gasteiger partial charge in [0, 0.05) is 30.3 Å². The van der Waals surface area contributed by atoms with Crippen molar-refractivity contribution in [3.63, 3.8) is 0 Å². The van der Waals surface area contributed by atoms with Crippen LogP contribution in [0.3, 0.4) is 0 Å². The van der Waals surface area contributed by atoms with Gasteiger partial charge in [-0.05, 0) is 31.9 Å². The molecule has 0 aliphatic rings. The van der Waals surface area contributed by atoms with Gasteiger partial charge in [-0.3, -0.25) is 4.90 Å². The molecule has 1 rings (SSSR count). The number of halogens is 2. The quantitative estimate of drug-likeness (QED) is 0.789. The van der Waals surface area contributed by atoms with E-state index in [0.717, 1.165) is 31.9 Å². The molecular weight excluding hydrogens is 258 g/mol. The molecule has 2 nitrogen and oxygen atoms in total. The van der Waals surface area contributed by atoms with Crippen LogP contribution < -0.4 is 5.73 Å². The van der Waals surface area contributed by atoms with Crippen LogP contribution >= 0.6 is 0 Å². The maximum atomic E-state index is 13.9. The number of nitrogens with two attached hydrogens (primary N) is 1. The second-order valence-electron chi connectivity index (χ2n) is 5.29. The largest absolute Gasteiger partial charge is 0.329 e. The van der Waals surface area contributed by atoms with E-state index in [1.165, 1.54) is 12.1 Å². The Balaban J connectivity index is 3.02. The van der Waals surface area contributed by atoms with Gasteiger partial charge in [0.15, 0.2) is 0 Å². The molecule has 0 bridgehead atoms. The Kier molecular flexibility index (Phi) is 6.56. The van der Waals surface area contributed by atoms with Gasteiger partial charge in [0.25, 0.3) is 0 Å². The highest BCUT2D eigenvalue weighted by molar-refractivity contribution is 5.19. The van der Waals surface area contributed by atoms with Crippen LogP contribution in [0, 0.1) is 11.6 Å². The average molecular weight is 284 g/mol. The zero-order chi connectivity index (χ0) is 15.2. The van der Waals surface area contributed by atoms with Crippen molar-refractivity contribution in [3.05, 3.63) is 35.4 Å². The first kappa shape index (κ1) is 17.1. The third kappa shape index (κ3) is 3.76. The summed E-state index contributed by atoms with van der Waals surface area (Å²) in [6.07, 6.45) is 2.82. The van der Waals surface area contributed by atoms with Crippen molar-refractivity contribution >= 4 is 0 Å². The van der Waals surface area contributed by atoms with E-state index >= 15 is 0 Å². The molecule has 1 aromatic carbocycles. The molecule has 0 spiro atoms. The van der Waals surface area contributed by atoms with Gasteiger partial charge in [-0.25, -0.2) is 8.78 Å². The molecule has 0 fully saturated rings. The Bertz CT molecular complexity index is 409. The summed E-state index contributed by atoms with van der Waals surface area (Å²) in [6.45, 7) is 8.19. The molecule has 0 atom stereocenters. The minimum Gasteiger partial charge on any atom is -0.329 e. The third-order valence-corrected chi connectivity index (χ3v) is 4.24. The molecule has 0 aliphatic carbocycles. The molecule has 0 amide bonds. The van der Waals surface area contributed by atoms with Gasteiger partial charge < -0.3 is 5.73 Å². The lowest BCUT2D eigenvalue weighted by Gasteiger charge is -2.42. The average Bonchev–Trinajstić information content (AvgIpc) is 2.44. The molecule has 0 unspecified atom stereocenters. The Morgan fingerprint density at radius 1 is 1.15 bits per heavy atom. The number of rotatable bonds is 8. The van der Waals surface area contributed by atoms with E-state index in [4.69, 9.17) is 5.73 Å². The Morgan fingerprint density at radius 3 is 2.25 bits per heavy atom. The molecule has 0 aliphatic heterocycles. The highest BCUT2D eigenvalue weighted by Crippen LogP contribution is 2.26. The molecule has 1 aromatic rings. The van der Waals surface area contributed by atoms with Gasteiger partial charge in [-0.1, -0.05) is 26.8 Å². The summed E-state index contributed by atoms with van der Waals surface area (Å²) in [5.41, 5.74) is 6.39. The van der Waals surface area contributed by atoms with Crippen molar-refractivity contribution in [2.24, 2.45) is 5.73 Å². The molecule has 4 heteroatoms. The first-order valence-electron chi connectivity index (χ1n) is 7.42. The van der Waals surface area contributed by atoms with E-state index in [1.54, 1.807) is 0 Å². The molecular formula is C16H26F2N2. The minimum absolute atomic E-state index is 0.114. The van der Waals surface area contributed by atoms with Crippen LogP contribution in [0.5, 0.6) is 0 Å². The van der Waals surface area contributed by atoms with Crippen LogP contribution in [0.25, 0.3) is 0 Å². The highest BCUT2D eigenvalue weighted by atomic mass is 19.1. The smallest absolute Gasteiger partial charge is 0.130 e. The van der Waals surface area contributed by atoms with Crippen molar-refractivity contribution in [3.8, 4) is 0 Å².